The zero-order chi connectivity index (χ0) is 12.7. The minimum absolute atomic E-state index is 0.152. The topological polar surface area (TPSA) is 85.1 Å². The van der Waals surface area contributed by atoms with Gasteiger partial charge in [-0.15, -0.1) is 0 Å². The van der Waals surface area contributed by atoms with Crippen LogP contribution < -0.4 is 10.5 Å². The van der Waals surface area contributed by atoms with E-state index >= 15 is 0 Å². The van der Waals surface area contributed by atoms with Crippen molar-refractivity contribution >= 4 is 10.0 Å². The van der Waals surface area contributed by atoms with E-state index in [1.165, 1.54) is 0 Å². The third-order valence-corrected chi connectivity index (χ3v) is 4.61. The quantitative estimate of drug-likeness (QED) is 0.735. The fourth-order valence-corrected chi connectivity index (χ4v) is 2.83. The Morgan fingerprint density at radius 2 is 2.29 bits per heavy atom. The van der Waals surface area contributed by atoms with Gasteiger partial charge in [0.15, 0.2) is 0 Å². The van der Waals surface area contributed by atoms with E-state index in [1.807, 2.05) is 19.1 Å². The van der Waals surface area contributed by atoms with Gasteiger partial charge in [-0.25, -0.2) is 13.1 Å². The molecule has 1 rings (SSSR count). The predicted octanol–water partition coefficient (Wildman–Crippen LogP) is 0.281. The molecule has 5 nitrogen and oxygen atoms in total. The van der Waals surface area contributed by atoms with E-state index in [4.69, 9.17) is 5.73 Å². The van der Waals surface area contributed by atoms with Crippen LogP contribution in [0.4, 0.5) is 0 Å². The number of nitrogens with zero attached hydrogens (tertiary/aromatic N) is 1. The molecule has 1 aromatic rings. The van der Waals surface area contributed by atoms with Crippen LogP contribution >= 0.6 is 0 Å². The van der Waals surface area contributed by atoms with Crippen molar-refractivity contribution in [3.05, 3.63) is 30.1 Å². The summed E-state index contributed by atoms with van der Waals surface area (Å²) >= 11 is 0. The first-order chi connectivity index (χ1) is 8.10. The molecule has 96 valence electrons. The molecule has 1 heterocycles. The average Bonchev–Trinajstić information content (AvgIpc) is 2.31. The second-order valence-electron chi connectivity index (χ2n) is 3.82. The summed E-state index contributed by atoms with van der Waals surface area (Å²) in [5.41, 5.74) is 6.43. The first-order valence-electron chi connectivity index (χ1n) is 5.67. The van der Waals surface area contributed by atoms with Gasteiger partial charge in [0.1, 0.15) is 0 Å². The Bertz CT molecular complexity index is 416. The van der Waals surface area contributed by atoms with Crippen molar-refractivity contribution in [1.82, 2.24) is 9.71 Å². The summed E-state index contributed by atoms with van der Waals surface area (Å²) in [5, 5.41) is -0.503. The molecule has 0 aliphatic rings. The maximum Gasteiger partial charge on any atom is 0.215 e. The van der Waals surface area contributed by atoms with E-state index in [0.29, 0.717) is 19.4 Å². The Balaban J connectivity index is 2.46. The minimum atomic E-state index is -3.29. The molecule has 0 saturated heterocycles. The van der Waals surface area contributed by atoms with Crippen molar-refractivity contribution < 1.29 is 8.42 Å². The van der Waals surface area contributed by atoms with E-state index in [2.05, 4.69) is 9.71 Å². The molecule has 0 saturated carbocycles. The lowest BCUT2D eigenvalue weighted by atomic mass is 10.2. The van der Waals surface area contributed by atoms with Crippen LogP contribution in [0.5, 0.6) is 0 Å². The molecule has 1 aromatic heterocycles. The third-order valence-electron chi connectivity index (χ3n) is 2.60. The van der Waals surface area contributed by atoms with Crippen LogP contribution in [0.1, 0.15) is 18.9 Å². The van der Waals surface area contributed by atoms with Crippen LogP contribution in [-0.4, -0.2) is 31.7 Å². The molecule has 0 aromatic carbocycles. The highest BCUT2D eigenvalue weighted by Gasteiger charge is 2.21. The normalized spacial score (nSPS) is 13.5. The number of nitrogens with two attached hydrogens (primary N) is 1. The zero-order valence-electron chi connectivity index (χ0n) is 9.96. The summed E-state index contributed by atoms with van der Waals surface area (Å²) in [6.45, 7) is 2.35. The average molecular weight is 257 g/mol. The molecule has 0 aliphatic heterocycles. The standard InChI is InChI=1S/C11H19N3O2S/c1-2-11(8-12)17(15,16)14-7-5-10-4-3-6-13-9-10/h3-4,6,9,11,14H,2,5,7-8,12H2,1H3. The van der Waals surface area contributed by atoms with Crippen molar-refractivity contribution in [1.29, 1.82) is 0 Å². The first kappa shape index (κ1) is 14.1. The Kier molecular flexibility index (Phi) is 5.54. The second-order valence-corrected chi connectivity index (χ2v) is 5.86. The SMILES string of the molecule is CCC(CN)S(=O)(=O)NCCc1cccnc1. The Labute approximate surface area is 102 Å². The van der Waals surface area contributed by atoms with E-state index in [0.717, 1.165) is 5.56 Å². The van der Waals surface area contributed by atoms with Crippen LogP contribution in [0.3, 0.4) is 0 Å². The number of aromatic nitrogens is 1. The Hall–Kier alpha value is -0.980. The molecule has 0 radical (unpaired) electrons. The second kappa shape index (κ2) is 6.68. The van der Waals surface area contributed by atoms with Gasteiger partial charge in [-0.05, 0) is 24.5 Å². The van der Waals surface area contributed by atoms with Gasteiger partial charge in [-0.1, -0.05) is 13.0 Å². The van der Waals surface area contributed by atoms with Crippen molar-refractivity contribution in [2.45, 2.75) is 25.0 Å². The van der Waals surface area contributed by atoms with Gasteiger partial charge in [0.05, 0.1) is 5.25 Å². The van der Waals surface area contributed by atoms with Crippen LogP contribution in [-0.2, 0) is 16.4 Å². The maximum absolute atomic E-state index is 11.8. The van der Waals surface area contributed by atoms with Crippen molar-refractivity contribution in [3.8, 4) is 0 Å². The number of pyridine rings is 1. The molecular formula is C11H19N3O2S. The summed E-state index contributed by atoms with van der Waals surface area (Å²) in [6.07, 6.45) is 4.58. The molecule has 1 atom stereocenters. The van der Waals surface area contributed by atoms with Gasteiger partial charge in [0.25, 0.3) is 0 Å². The van der Waals surface area contributed by atoms with E-state index < -0.39 is 15.3 Å². The molecule has 0 aliphatic carbocycles. The van der Waals surface area contributed by atoms with E-state index in [1.54, 1.807) is 12.4 Å². The highest BCUT2D eigenvalue weighted by Crippen LogP contribution is 2.03. The predicted molar refractivity (Wildman–Crippen MR) is 68.0 cm³/mol. The van der Waals surface area contributed by atoms with Crippen LogP contribution in [0.15, 0.2) is 24.5 Å². The number of nitrogens with one attached hydrogen (secondary N) is 1. The largest absolute Gasteiger partial charge is 0.329 e. The zero-order valence-corrected chi connectivity index (χ0v) is 10.8. The van der Waals surface area contributed by atoms with Crippen LogP contribution in [0.25, 0.3) is 0 Å². The van der Waals surface area contributed by atoms with Gasteiger partial charge in [-0.3, -0.25) is 4.98 Å². The smallest absolute Gasteiger partial charge is 0.215 e. The number of hydrogen-bond donors (Lipinski definition) is 2. The first-order valence-corrected chi connectivity index (χ1v) is 7.22. The van der Waals surface area contributed by atoms with Crippen molar-refractivity contribution in [2.75, 3.05) is 13.1 Å². The van der Waals surface area contributed by atoms with Crippen molar-refractivity contribution in [3.63, 3.8) is 0 Å². The summed E-state index contributed by atoms with van der Waals surface area (Å²) in [4.78, 5) is 3.97. The van der Waals surface area contributed by atoms with Gasteiger partial charge in [-0.2, -0.15) is 0 Å². The molecule has 0 fully saturated rings. The third kappa shape index (κ3) is 4.41. The Morgan fingerprint density at radius 1 is 1.53 bits per heavy atom. The Morgan fingerprint density at radius 3 is 2.82 bits per heavy atom. The summed E-state index contributed by atoms with van der Waals surface area (Å²) < 4.78 is 26.1. The summed E-state index contributed by atoms with van der Waals surface area (Å²) in [5.74, 6) is 0. The lowest BCUT2D eigenvalue weighted by Crippen LogP contribution is -2.39. The fraction of sp³-hybridized carbons (Fsp3) is 0.545. The number of sulfonamides is 1. The number of rotatable bonds is 7. The van der Waals surface area contributed by atoms with Crippen LogP contribution in [0.2, 0.25) is 0 Å². The molecule has 3 N–H and O–H groups in total. The molecule has 17 heavy (non-hydrogen) atoms. The van der Waals surface area contributed by atoms with Gasteiger partial charge < -0.3 is 5.73 Å². The summed E-state index contributed by atoms with van der Waals surface area (Å²) in [6, 6.07) is 3.75. The van der Waals surface area contributed by atoms with Gasteiger partial charge >= 0.3 is 0 Å². The van der Waals surface area contributed by atoms with Gasteiger partial charge in [0, 0.05) is 25.5 Å². The minimum Gasteiger partial charge on any atom is -0.329 e. The molecule has 0 amide bonds. The lowest BCUT2D eigenvalue weighted by molar-refractivity contribution is 0.561. The highest BCUT2D eigenvalue weighted by molar-refractivity contribution is 7.90. The molecule has 0 spiro atoms. The van der Waals surface area contributed by atoms with E-state index in [-0.39, 0.29) is 6.54 Å². The molecule has 6 heteroatoms. The van der Waals surface area contributed by atoms with Crippen molar-refractivity contribution in [2.24, 2.45) is 5.73 Å². The van der Waals surface area contributed by atoms with Gasteiger partial charge in [0.2, 0.25) is 10.0 Å². The molecular weight excluding hydrogens is 238 g/mol. The molecule has 0 bridgehead atoms. The van der Waals surface area contributed by atoms with Crippen LogP contribution in [0, 0.1) is 0 Å². The van der Waals surface area contributed by atoms with E-state index in [9.17, 15) is 8.42 Å². The lowest BCUT2D eigenvalue weighted by Gasteiger charge is -2.14. The highest BCUT2D eigenvalue weighted by atomic mass is 32.2. The number of hydrogen-bond acceptors (Lipinski definition) is 4. The maximum atomic E-state index is 11.8. The fourth-order valence-electron chi connectivity index (χ4n) is 1.51. The molecule has 1 unspecified atom stereocenters. The summed E-state index contributed by atoms with van der Waals surface area (Å²) in [7, 11) is -3.29. The monoisotopic (exact) mass is 257 g/mol.